The number of sulfonamides is 1. The molecular formula is C41H46Cl2N6O6S. The topological polar surface area (TPSA) is 156 Å². The maximum atomic E-state index is 14.3. The van der Waals surface area contributed by atoms with E-state index in [4.69, 9.17) is 27.6 Å². The first-order valence-corrected chi connectivity index (χ1v) is 20.9. The lowest BCUT2D eigenvalue weighted by Crippen LogP contribution is -2.33. The molecule has 0 unspecified atom stereocenters. The first-order chi connectivity index (χ1) is 26.9. The summed E-state index contributed by atoms with van der Waals surface area (Å²) in [6, 6.07) is 19.1. The highest BCUT2D eigenvalue weighted by molar-refractivity contribution is 7.90. The van der Waals surface area contributed by atoms with E-state index in [0.717, 1.165) is 42.0 Å². The van der Waals surface area contributed by atoms with Gasteiger partial charge in [-0.25, -0.2) is 27.7 Å². The van der Waals surface area contributed by atoms with E-state index in [2.05, 4.69) is 26.9 Å². The van der Waals surface area contributed by atoms with E-state index in [9.17, 15) is 22.8 Å². The molecule has 0 spiro atoms. The van der Waals surface area contributed by atoms with Gasteiger partial charge < -0.3 is 14.6 Å². The summed E-state index contributed by atoms with van der Waals surface area (Å²) in [5, 5.41) is 2.46. The van der Waals surface area contributed by atoms with Gasteiger partial charge in [0, 0.05) is 32.3 Å². The number of carbonyl (C=O) groups excluding carboxylic acids is 2. The largest absolute Gasteiger partial charge is 0.448 e. The number of amides is 2. The number of rotatable bonds is 19. The van der Waals surface area contributed by atoms with Gasteiger partial charge in [-0.15, -0.1) is 0 Å². The molecule has 0 saturated carbocycles. The Kier molecular flexibility index (Phi) is 14.9. The van der Waals surface area contributed by atoms with E-state index >= 15 is 0 Å². The minimum Gasteiger partial charge on any atom is -0.448 e. The molecule has 12 nitrogen and oxygen atoms in total. The summed E-state index contributed by atoms with van der Waals surface area (Å²) in [5.74, 6) is -1.54. The van der Waals surface area contributed by atoms with Crippen molar-refractivity contribution >= 4 is 78.7 Å². The molecule has 0 aliphatic heterocycles. The van der Waals surface area contributed by atoms with Crippen LogP contribution in [0.2, 0.25) is 10.0 Å². The van der Waals surface area contributed by atoms with Gasteiger partial charge in [-0.1, -0.05) is 100 Å². The number of anilines is 2. The summed E-state index contributed by atoms with van der Waals surface area (Å²) in [5.41, 5.74) is 0.719. The van der Waals surface area contributed by atoms with Gasteiger partial charge in [0.2, 0.25) is 11.8 Å². The second kappa shape index (κ2) is 19.7. The molecule has 0 aliphatic rings. The third-order valence-electron chi connectivity index (χ3n) is 9.10. The monoisotopic (exact) mass is 820 g/mol. The number of benzene rings is 3. The molecule has 0 aliphatic carbocycles. The molecular weight excluding hydrogens is 775 g/mol. The number of para-hydroxylation sites is 1. The number of aliphatic imine (C=N–C) groups is 1. The zero-order valence-electron chi connectivity index (χ0n) is 31.7. The Labute approximate surface area is 337 Å². The van der Waals surface area contributed by atoms with Gasteiger partial charge >= 0.3 is 0 Å². The van der Waals surface area contributed by atoms with Crippen LogP contribution in [0.4, 0.5) is 17.1 Å². The van der Waals surface area contributed by atoms with E-state index in [1.807, 2.05) is 31.1 Å². The van der Waals surface area contributed by atoms with E-state index in [0.29, 0.717) is 17.6 Å². The van der Waals surface area contributed by atoms with Crippen molar-refractivity contribution in [1.29, 1.82) is 0 Å². The smallest absolute Gasteiger partial charge is 0.278 e. The van der Waals surface area contributed by atoms with Crippen LogP contribution in [0.25, 0.3) is 16.8 Å². The van der Waals surface area contributed by atoms with Crippen LogP contribution in [0.1, 0.15) is 83.4 Å². The van der Waals surface area contributed by atoms with Gasteiger partial charge in [-0.2, -0.15) is 0 Å². The van der Waals surface area contributed by atoms with Gasteiger partial charge in [-0.05, 0) is 61.0 Å². The summed E-state index contributed by atoms with van der Waals surface area (Å²) in [4.78, 5) is 51.6. The van der Waals surface area contributed by atoms with E-state index in [-0.39, 0.29) is 45.0 Å². The Hall–Kier alpha value is -4.98. The quantitative estimate of drug-likeness (QED) is 0.0617. The maximum absolute atomic E-state index is 14.3. The molecule has 15 heteroatoms. The average Bonchev–Trinajstić information content (AvgIpc) is 3.70. The maximum Gasteiger partial charge on any atom is 0.278 e. The molecule has 56 heavy (non-hydrogen) atoms. The normalized spacial score (nSPS) is 11.8. The fourth-order valence-electron chi connectivity index (χ4n) is 6.09. The lowest BCUT2D eigenvalue weighted by atomic mass is 10.1. The number of hydrogen-bond acceptors (Lipinski definition) is 9. The first kappa shape index (κ1) is 42.2. The molecule has 296 valence electrons. The van der Waals surface area contributed by atoms with Crippen molar-refractivity contribution < 1.29 is 22.4 Å². The number of nitrogens with one attached hydrogen (secondary N) is 2. The minimum atomic E-state index is -4.40. The van der Waals surface area contributed by atoms with Gasteiger partial charge in [0.05, 0.1) is 38.6 Å². The van der Waals surface area contributed by atoms with Crippen LogP contribution in [0.15, 0.2) is 98.2 Å². The molecule has 3 aromatic carbocycles. The second-order valence-corrected chi connectivity index (χ2v) is 16.1. The van der Waals surface area contributed by atoms with Crippen molar-refractivity contribution in [2.75, 3.05) is 24.3 Å². The van der Waals surface area contributed by atoms with Gasteiger partial charge in [0.15, 0.2) is 11.5 Å². The zero-order valence-corrected chi connectivity index (χ0v) is 34.0. The molecule has 5 aromatic rings. The van der Waals surface area contributed by atoms with Crippen LogP contribution in [-0.4, -0.2) is 49.6 Å². The molecule has 0 atom stereocenters. The van der Waals surface area contributed by atoms with Crippen molar-refractivity contribution in [3.8, 4) is 5.88 Å². The molecule has 0 fully saturated rings. The number of aromatic nitrogens is 2. The van der Waals surface area contributed by atoms with Crippen LogP contribution in [-0.2, 0) is 19.6 Å². The molecule has 2 aromatic heterocycles. The summed E-state index contributed by atoms with van der Waals surface area (Å²) >= 11 is 13.0. The van der Waals surface area contributed by atoms with Gasteiger partial charge in [0.25, 0.3) is 21.5 Å². The number of fused-ring (bicyclic) bond motifs is 1. The second-order valence-electron chi connectivity index (χ2n) is 13.6. The summed E-state index contributed by atoms with van der Waals surface area (Å²) in [6.45, 7) is 2.19. The van der Waals surface area contributed by atoms with Crippen LogP contribution in [0, 0.1) is 0 Å². The highest BCUT2D eigenvalue weighted by Gasteiger charge is 2.27. The molecule has 0 saturated heterocycles. The Morgan fingerprint density at radius 2 is 1.52 bits per heavy atom. The van der Waals surface area contributed by atoms with Gasteiger partial charge in [-0.3, -0.25) is 14.4 Å². The molecule has 2 heterocycles. The summed E-state index contributed by atoms with van der Waals surface area (Å²) in [6.07, 6.45) is 12.2. The minimum absolute atomic E-state index is 0.0428. The van der Waals surface area contributed by atoms with Crippen molar-refractivity contribution in [2.24, 2.45) is 4.99 Å². The number of carbonyl (C=O) groups is 2. The number of furan rings is 1. The van der Waals surface area contributed by atoms with Crippen LogP contribution in [0.5, 0.6) is 0 Å². The van der Waals surface area contributed by atoms with E-state index in [1.165, 1.54) is 44.4 Å². The van der Waals surface area contributed by atoms with Crippen LogP contribution < -0.4 is 20.5 Å². The highest BCUT2D eigenvalue weighted by Crippen LogP contribution is 2.33. The van der Waals surface area contributed by atoms with Crippen LogP contribution >= 0.6 is 23.2 Å². The van der Waals surface area contributed by atoms with Crippen LogP contribution in [0.3, 0.4) is 0 Å². The molecule has 0 radical (unpaired) electrons. The Morgan fingerprint density at radius 3 is 2.16 bits per heavy atom. The predicted molar refractivity (Wildman–Crippen MR) is 223 cm³/mol. The average molecular weight is 822 g/mol. The Balaban J connectivity index is 1.38. The van der Waals surface area contributed by atoms with Gasteiger partial charge in [0.1, 0.15) is 4.90 Å². The number of nitrogens with zero attached hydrogens (tertiary/aromatic N) is 4. The molecule has 0 bridgehead atoms. The van der Waals surface area contributed by atoms with Crippen molar-refractivity contribution in [2.45, 2.75) is 82.4 Å². The number of unbranched alkanes of at least 4 members (excludes halogenated alkanes) is 9. The molecule has 2 N–H and O–H groups in total. The Morgan fingerprint density at radius 1 is 0.857 bits per heavy atom. The standard InChI is InChI=1S/C41H46Cl2N6O6S/c1-4-5-6-7-8-9-10-11-12-13-19-36(50)47-56(53,54)35-27-31(42)34(26-32(35)43)46-40(51)38(44-28-21-23-29(24-22-28)48(2)3)39-45-33-18-15-14-17-30(33)41(52)49(39)37-20-16-25-55-37/h14-18,20-27H,4-13,19H2,1-3H3,(H,46,51)(H,47,50). The predicted octanol–water partition coefficient (Wildman–Crippen LogP) is 9.23. The number of halogens is 2. The summed E-state index contributed by atoms with van der Waals surface area (Å²) in [7, 11) is -0.629. The molecule has 2 amide bonds. The van der Waals surface area contributed by atoms with E-state index < -0.39 is 32.3 Å². The zero-order chi connectivity index (χ0) is 40.2. The summed E-state index contributed by atoms with van der Waals surface area (Å²) < 4.78 is 35.3. The lowest BCUT2D eigenvalue weighted by Gasteiger charge is -2.16. The number of hydrogen-bond donors (Lipinski definition) is 2. The van der Waals surface area contributed by atoms with E-state index in [1.54, 1.807) is 48.5 Å². The first-order valence-electron chi connectivity index (χ1n) is 18.7. The third-order valence-corrected chi connectivity index (χ3v) is 11.3. The fourth-order valence-corrected chi connectivity index (χ4v) is 7.93. The third kappa shape index (κ3) is 10.9. The fraction of sp³-hybridized carbons (Fsp3) is 0.341. The highest BCUT2D eigenvalue weighted by atomic mass is 35.5. The molecule has 5 rings (SSSR count). The lowest BCUT2D eigenvalue weighted by molar-refractivity contribution is -0.119. The van der Waals surface area contributed by atoms with Crippen molar-refractivity contribution in [1.82, 2.24) is 14.3 Å². The Bertz CT molecular complexity index is 2340. The van der Waals surface area contributed by atoms with Crippen molar-refractivity contribution in [3.63, 3.8) is 0 Å². The SMILES string of the molecule is CCCCCCCCCCCCC(=O)NS(=O)(=O)c1cc(Cl)c(NC(=O)C(=Nc2ccc(N(C)C)cc2)c2nc3ccccc3c(=O)n2-c2ccco2)cc1Cl. The van der Waals surface area contributed by atoms with Crippen molar-refractivity contribution in [3.05, 3.63) is 105 Å².